The van der Waals surface area contributed by atoms with Crippen LogP contribution in [0, 0.1) is 11.3 Å². The Hall–Kier alpha value is -3.16. The van der Waals surface area contributed by atoms with Crippen LogP contribution in [0.4, 0.5) is 0 Å². The monoisotopic (exact) mass is 301 g/mol. The van der Waals surface area contributed by atoms with Gasteiger partial charge in [0.25, 0.3) is 0 Å². The summed E-state index contributed by atoms with van der Waals surface area (Å²) in [6.07, 6.45) is 4.93. The molecular formula is C16H15NO5. The molecule has 1 aromatic rings. The molecule has 0 N–H and O–H groups in total. The Labute approximate surface area is 128 Å². The van der Waals surface area contributed by atoms with Gasteiger partial charge in [-0.05, 0) is 25.1 Å². The van der Waals surface area contributed by atoms with Gasteiger partial charge in [-0.25, -0.2) is 4.79 Å². The van der Waals surface area contributed by atoms with Gasteiger partial charge < -0.3 is 9.47 Å². The van der Waals surface area contributed by atoms with Gasteiger partial charge in [-0.3, -0.25) is 0 Å². The normalized spacial score (nSPS) is 9.95. The number of rotatable bonds is 5. The Morgan fingerprint density at radius 2 is 1.95 bits per heavy atom. The van der Waals surface area contributed by atoms with Crippen LogP contribution in [0.3, 0.4) is 0 Å². The Kier molecular flexibility index (Phi) is 9.98. The summed E-state index contributed by atoms with van der Waals surface area (Å²) in [5, 5.41) is 8.37. The molecule has 0 atom stereocenters. The first-order valence-corrected chi connectivity index (χ1v) is 6.13. The zero-order valence-corrected chi connectivity index (χ0v) is 12.2. The summed E-state index contributed by atoms with van der Waals surface area (Å²) in [6.45, 7) is 1.98. The number of benzene rings is 1. The lowest BCUT2D eigenvalue weighted by atomic mass is 10.1. The summed E-state index contributed by atoms with van der Waals surface area (Å²) < 4.78 is 10.2. The fraction of sp³-hybridized carbons (Fsp3) is 0.188. The van der Waals surface area contributed by atoms with E-state index in [0.29, 0.717) is 17.9 Å². The van der Waals surface area contributed by atoms with E-state index in [-0.39, 0.29) is 12.1 Å². The first kappa shape index (κ1) is 18.8. The lowest BCUT2D eigenvalue weighted by molar-refractivity contribution is -0.191. The third-order valence-corrected chi connectivity index (χ3v) is 2.33. The molecule has 0 aliphatic carbocycles. The average Bonchev–Trinajstić information content (AvgIpc) is 2.53. The molecule has 0 aliphatic heterocycles. The quantitative estimate of drug-likeness (QED) is 0.470. The number of allylic oxidation sites excluding steroid dienone is 1. The molecule has 1 aromatic carbocycles. The third-order valence-electron chi connectivity index (χ3n) is 2.33. The maximum absolute atomic E-state index is 11.3. The van der Waals surface area contributed by atoms with Crippen molar-refractivity contribution >= 4 is 18.2 Å². The van der Waals surface area contributed by atoms with E-state index in [1.54, 1.807) is 25.1 Å². The molecule has 1 rings (SSSR count). The standard InChI is InChI=1S/C15H15NO3.CO2/c1-12(15(17)18-2)11-13-7-3-4-8-14(13)19-10-6-5-9-16;2-1-3/h3-8,11H,10H2,1-2H3;/b6-5?,12-11+;. The summed E-state index contributed by atoms with van der Waals surface area (Å²) in [5.41, 5.74) is 1.28. The zero-order chi connectivity index (χ0) is 16.8. The number of methoxy groups -OCH3 is 1. The van der Waals surface area contributed by atoms with E-state index in [9.17, 15) is 4.79 Å². The average molecular weight is 301 g/mol. The molecule has 0 radical (unpaired) electrons. The molecule has 22 heavy (non-hydrogen) atoms. The van der Waals surface area contributed by atoms with Crippen molar-refractivity contribution in [3.63, 3.8) is 0 Å². The highest BCUT2D eigenvalue weighted by molar-refractivity contribution is 5.93. The van der Waals surface area contributed by atoms with Crippen LogP contribution in [0.5, 0.6) is 5.75 Å². The van der Waals surface area contributed by atoms with E-state index in [1.807, 2.05) is 24.3 Å². The highest BCUT2D eigenvalue weighted by atomic mass is 16.5. The zero-order valence-electron chi connectivity index (χ0n) is 12.2. The first-order valence-electron chi connectivity index (χ1n) is 6.13. The molecule has 0 spiro atoms. The van der Waals surface area contributed by atoms with Crippen LogP contribution in [0.15, 0.2) is 42.0 Å². The Morgan fingerprint density at radius 3 is 2.55 bits per heavy atom. The van der Waals surface area contributed by atoms with Gasteiger partial charge in [0, 0.05) is 17.2 Å². The molecule has 0 saturated heterocycles. The van der Waals surface area contributed by atoms with Crippen LogP contribution in [0.25, 0.3) is 6.08 Å². The highest BCUT2D eigenvalue weighted by Crippen LogP contribution is 2.21. The minimum atomic E-state index is -0.376. The maximum atomic E-state index is 11.3. The van der Waals surface area contributed by atoms with Crippen molar-refractivity contribution in [3.8, 4) is 11.8 Å². The van der Waals surface area contributed by atoms with Crippen LogP contribution in [-0.4, -0.2) is 25.8 Å². The van der Waals surface area contributed by atoms with Crippen LogP contribution >= 0.6 is 0 Å². The van der Waals surface area contributed by atoms with Gasteiger partial charge in [-0.2, -0.15) is 14.9 Å². The number of hydrogen-bond acceptors (Lipinski definition) is 6. The number of esters is 1. The summed E-state index contributed by atoms with van der Waals surface area (Å²) in [6, 6.07) is 9.23. The van der Waals surface area contributed by atoms with Gasteiger partial charge in [0.1, 0.15) is 12.4 Å². The van der Waals surface area contributed by atoms with E-state index in [2.05, 4.69) is 4.74 Å². The minimum Gasteiger partial charge on any atom is -0.489 e. The molecule has 0 heterocycles. The molecule has 0 aromatic heterocycles. The van der Waals surface area contributed by atoms with Crippen LogP contribution in [0.1, 0.15) is 12.5 Å². The number of nitriles is 1. The first-order chi connectivity index (χ1) is 10.6. The molecular weight excluding hydrogens is 286 g/mol. The van der Waals surface area contributed by atoms with Crippen molar-refractivity contribution in [2.75, 3.05) is 13.7 Å². The summed E-state index contributed by atoms with van der Waals surface area (Å²) in [4.78, 5) is 27.6. The number of hydrogen-bond donors (Lipinski definition) is 0. The van der Waals surface area contributed by atoms with Gasteiger partial charge in [0.05, 0.1) is 13.2 Å². The number of carbonyl (C=O) groups excluding carboxylic acids is 3. The van der Waals surface area contributed by atoms with Crippen LogP contribution in [-0.2, 0) is 19.1 Å². The predicted octanol–water partition coefficient (Wildman–Crippen LogP) is 2.14. The number of carbonyl (C=O) groups is 1. The Bertz CT molecular complexity index is 620. The largest absolute Gasteiger partial charge is 0.489 e. The van der Waals surface area contributed by atoms with Crippen molar-refractivity contribution in [2.45, 2.75) is 6.92 Å². The Morgan fingerprint density at radius 1 is 1.32 bits per heavy atom. The molecule has 0 saturated carbocycles. The van der Waals surface area contributed by atoms with Gasteiger partial charge in [0.15, 0.2) is 0 Å². The maximum Gasteiger partial charge on any atom is 0.373 e. The smallest absolute Gasteiger partial charge is 0.373 e. The number of para-hydroxylation sites is 1. The minimum absolute atomic E-state index is 0.250. The second kappa shape index (κ2) is 11.6. The molecule has 0 amide bonds. The van der Waals surface area contributed by atoms with E-state index in [4.69, 9.17) is 19.6 Å². The third kappa shape index (κ3) is 7.43. The highest BCUT2D eigenvalue weighted by Gasteiger charge is 2.05. The second-order valence-electron chi connectivity index (χ2n) is 3.78. The van der Waals surface area contributed by atoms with Crippen LogP contribution < -0.4 is 4.74 Å². The number of nitrogens with zero attached hydrogens (tertiary/aromatic N) is 1. The molecule has 6 heteroatoms. The fourth-order valence-electron chi connectivity index (χ4n) is 1.42. The van der Waals surface area contributed by atoms with Gasteiger partial charge >= 0.3 is 12.1 Å². The van der Waals surface area contributed by atoms with Gasteiger partial charge in [-0.15, -0.1) is 0 Å². The van der Waals surface area contributed by atoms with Crippen molar-refractivity contribution < 1.29 is 23.9 Å². The SMILES string of the molecule is COC(=O)/C(C)=C/c1ccccc1OCC=CC#N.O=C=O. The van der Waals surface area contributed by atoms with E-state index in [0.717, 1.165) is 5.56 Å². The molecule has 6 nitrogen and oxygen atoms in total. The fourth-order valence-corrected chi connectivity index (χ4v) is 1.42. The molecule has 0 aliphatic rings. The van der Waals surface area contributed by atoms with E-state index < -0.39 is 0 Å². The van der Waals surface area contributed by atoms with Crippen molar-refractivity contribution in [1.82, 2.24) is 0 Å². The van der Waals surface area contributed by atoms with Crippen molar-refractivity contribution in [3.05, 3.63) is 47.6 Å². The van der Waals surface area contributed by atoms with Crippen molar-refractivity contribution in [1.29, 1.82) is 5.26 Å². The summed E-state index contributed by atoms with van der Waals surface area (Å²) in [7, 11) is 1.34. The lowest BCUT2D eigenvalue weighted by Crippen LogP contribution is -2.01. The molecule has 0 unspecified atom stereocenters. The molecule has 0 bridgehead atoms. The summed E-state index contributed by atoms with van der Waals surface area (Å²) >= 11 is 0. The van der Waals surface area contributed by atoms with E-state index >= 15 is 0 Å². The molecule has 0 fully saturated rings. The van der Waals surface area contributed by atoms with Crippen molar-refractivity contribution in [2.24, 2.45) is 0 Å². The van der Waals surface area contributed by atoms with E-state index in [1.165, 1.54) is 13.2 Å². The van der Waals surface area contributed by atoms with Gasteiger partial charge in [0.2, 0.25) is 0 Å². The molecule has 114 valence electrons. The lowest BCUT2D eigenvalue weighted by Gasteiger charge is -2.07. The number of ether oxygens (including phenoxy) is 2. The topological polar surface area (TPSA) is 93.5 Å². The summed E-state index contributed by atoms with van der Waals surface area (Å²) in [5.74, 6) is 0.271. The Balaban J connectivity index is 0.00000135. The van der Waals surface area contributed by atoms with Gasteiger partial charge in [-0.1, -0.05) is 18.2 Å². The second-order valence-corrected chi connectivity index (χ2v) is 3.78. The van der Waals surface area contributed by atoms with Crippen LogP contribution in [0.2, 0.25) is 0 Å². The predicted molar refractivity (Wildman–Crippen MR) is 77.4 cm³/mol.